The fraction of sp³-hybridized carbons (Fsp3) is 0.105. The molecule has 0 spiro atoms. The van der Waals surface area contributed by atoms with Gasteiger partial charge in [-0.2, -0.15) is 5.10 Å². The van der Waals surface area contributed by atoms with Crippen LogP contribution in [0.3, 0.4) is 0 Å². The summed E-state index contributed by atoms with van der Waals surface area (Å²) in [7, 11) is 0. The maximum Gasteiger partial charge on any atom is 0.205 e. The molecule has 0 aliphatic carbocycles. The Labute approximate surface area is 144 Å². The normalized spacial score (nSPS) is 11.7. The van der Waals surface area contributed by atoms with Crippen LogP contribution < -0.4 is 10.7 Å². The number of nitrogens with zero attached hydrogens (tertiary/aromatic N) is 2. The van der Waals surface area contributed by atoms with Crippen LogP contribution in [0.25, 0.3) is 5.69 Å². The molecular formula is C19H17FN4O. The molecule has 0 saturated heterocycles. The van der Waals surface area contributed by atoms with E-state index in [0.717, 1.165) is 5.69 Å². The van der Waals surface area contributed by atoms with Gasteiger partial charge >= 0.3 is 0 Å². The zero-order valence-electron chi connectivity index (χ0n) is 13.4. The largest absolute Gasteiger partial charge is 0.376 e. The molecule has 0 radical (unpaired) electrons. The average molecular weight is 336 g/mol. The molecule has 0 aliphatic rings. The number of para-hydroxylation sites is 1. The maximum atomic E-state index is 13.5. The van der Waals surface area contributed by atoms with Gasteiger partial charge < -0.3 is 10.7 Å². The number of hydrogen-bond acceptors (Lipinski definition) is 4. The van der Waals surface area contributed by atoms with Gasteiger partial charge in [-0.15, -0.1) is 0 Å². The predicted octanol–water partition coefficient (Wildman–Crippen LogP) is 3.56. The molecule has 1 atom stereocenters. The van der Waals surface area contributed by atoms with Crippen LogP contribution in [0.15, 0.2) is 71.7 Å². The first-order valence-electron chi connectivity index (χ1n) is 7.84. The molecule has 0 saturated carbocycles. The molecule has 1 aromatic heterocycles. The van der Waals surface area contributed by atoms with Crippen molar-refractivity contribution in [1.82, 2.24) is 9.78 Å². The van der Waals surface area contributed by atoms with Crippen molar-refractivity contribution >= 4 is 11.9 Å². The van der Waals surface area contributed by atoms with Crippen LogP contribution in [0.2, 0.25) is 0 Å². The van der Waals surface area contributed by atoms with Gasteiger partial charge in [-0.25, -0.2) is 9.07 Å². The summed E-state index contributed by atoms with van der Waals surface area (Å²) in [5, 5.41) is 15.0. The number of rotatable bonds is 6. The SMILES string of the molecule is N=CCC(Nc1ccccc1)c1nn(-c2cccc(F)c2)ccc1=O. The summed E-state index contributed by atoms with van der Waals surface area (Å²) in [6.45, 7) is 0. The van der Waals surface area contributed by atoms with E-state index in [2.05, 4.69) is 10.4 Å². The monoisotopic (exact) mass is 336 g/mol. The molecule has 0 aliphatic heterocycles. The van der Waals surface area contributed by atoms with Gasteiger partial charge in [0.15, 0.2) is 0 Å². The zero-order chi connectivity index (χ0) is 17.6. The van der Waals surface area contributed by atoms with Crippen molar-refractivity contribution < 1.29 is 4.39 Å². The highest BCUT2D eigenvalue weighted by Crippen LogP contribution is 2.18. The number of nitrogens with one attached hydrogen (secondary N) is 2. The molecule has 1 unspecified atom stereocenters. The Morgan fingerprint density at radius 3 is 2.68 bits per heavy atom. The van der Waals surface area contributed by atoms with Gasteiger partial charge in [0.1, 0.15) is 11.5 Å². The lowest BCUT2D eigenvalue weighted by atomic mass is 10.1. The minimum Gasteiger partial charge on any atom is -0.376 e. The van der Waals surface area contributed by atoms with E-state index >= 15 is 0 Å². The van der Waals surface area contributed by atoms with Gasteiger partial charge in [0.25, 0.3) is 0 Å². The molecule has 0 fully saturated rings. The fourth-order valence-corrected chi connectivity index (χ4v) is 2.52. The van der Waals surface area contributed by atoms with Crippen molar-refractivity contribution in [1.29, 1.82) is 5.41 Å². The van der Waals surface area contributed by atoms with Gasteiger partial charge in [0, 0.05) is 24.4 Å². The van der Waals surface area contributed by atoms with Crippen molar-refractivity contribution in [2.45, 2.75) is 12.5 Å². The molecule has 2 N–H and O–H groups in total. The number of anilines is 1. The summed E-state index contributed by atoms with van der Waals surface area (Å²) in [6, 6.07) is 16.4. The molecule has 1 heterocycles. The first-order valence-corrected chi connectivity index (χ1v) is 7.84. The van der Waals surface area contributed by atoms with E-state index in [1.165, 1.54) is 35.3 Å². The molecule has 6 heteroatoms. The summed E-state index contributed by atoms with van der Waals surface area (Å²) >= 11 is 0. The minimum atomic E-state index is -0.451. The van der Waals surface area contributed by atoms with Gasteiger partial charge in [0.05, 0.1) is 11.7 Å². The number of halogens is 1. The van der Waals surface area contributed by atoms with Crippen LogP contribution >= 0.6 is 0 Å². The third-order valence-electron chi connectivity index (χ3n) is 3.71. The Hall–Kier alpha value is -3.28. The third-order valence-corrected chi connectivity index (χ3v) is 3.71. The zero-order valence-corrected chi connectivity index (χ0v) is 13.4. The van der Waals surface area contributed by atoms with E-state index in [-0.39, 0.29) is 16.9 Å². The Morgan fingerprint density at radius 2 is 1.96 bits per heavy atom. The Balaban J connectivity index is 1.99. The average Bonchev–Trinajstić information content (AvgIpc) is 2.63. The van der Waals surface area contributed by atoms with Crippen LogP contribution in [-0.4, -0.2) is 16.0 Å². The second kappa shape index (κ2) is 7.53. The van der Waals surface area contributed by atoms with Crippen LogP contribution in [0.5, 0.6) is 0 Å². The second-order valence-corrected chi connectivity index (χ2v) is 5.49. The highest BCUT2D eigenvalue weighted by Gasteiger charge is 2.16. The standard InChI is InChI=1S/C19H17FN4O/c20-14-5-4-8-16(13-14)24-12-10-18(25)19(23-24)17(9-11-21)22-15-6-2-1-3-7-15/h1-8,10-13,17,21-22H,9H2. The number of aromatic nitrogens is 2. The summed E-state index contributed by atoms with van der Waals surface area (Å²) < 4.78 is 14.9. The summed E-state index contributed by atoms with van der Waals surface area (Å²) in [6.07, 6.45) is 3.05. The van der Waals surface area contributed by atoms with Crippen molar-refractivity contribution in [2.24, 2.45) is 0 Å². The van der Waals surface area contributed by atoms with Gasteiger partial charge in [-0.05, 0) is 36.5 Å². The molecule has 126 valence electrons. The molecule has 3 aromatic rings. The molecule has 5 nitrogen and oxygen atoms in total. The maximum absolute atomic E-state index is 13.5. The topological polar surface area (TPSA) is 70.8 Å². The Morgan fingerprint density at radius 1 is 1.16 bits per heavy atom. The lowest BCUT2D eigenvalue weighted by Gasteiger charge is -2.18. The Bertz CT molecular complexity index is 924. The molecule has 2 aromatic carbocycles. The smallest absolute Gasteiger partial charge is 0.205 e. The van der Waals surface area contributed by atoms with E-state index in [1.54, 1.807) is 12.1 Å². The lowest BCUT2D eigenvalue weighted by molar-refractivity contribution is 0.623. The van der Waals surface area contributed by atoms with Gasteiger partial charge in [-0.3, -0.25) is 4.79 Å². The highest BCUT2D eigenvalue weighted by molar-refractivity contribution is 5.56. The number of benzene rings is 2. The molecular weight excluding hydrogens is 319 g/mol. The summed E-state index contributed by atoms with van der Waals surface area (Å²) in [5.41, 5.74) is 1.40. The second-order valence-electron chi connectivity index (χ2n) is 5.49. The van der Waals surface area contributed by atoms with Gasteiger partial charge in [-0.1, -0.05) is 24.3 Å². The van der Waals surface area contributed by atoms with Crippen molar-refractivity contribution in [3.05, 3.63) is 88.6 Å². The van der Waals surface area contributed by atoms with E-state index in [1.807, 2.05) is 30.3 Å². The lowest BCUT2D eigenvalue weighted by Crippen LogP contribution is -2.24. The van der Waals surface area contributed by atoms with E-state index in [9.17, 15) is 9.18 Å². The van der Waals surface area contributed by atoms with Gasteiger partial charge in [0.2, 0.25) is 5.43 Å². The van der Waals surface area contributed by atoms with E-state index < -0.39 is 6.04 Å². The summed E-state index contributed by atoms with van der Waals surface area (Å²) in [5.74, 6) is -0.377. The van der Waals surface area contributed by atoms with Crippen LogP contribution in [-0.2, 0) is 0 Å². The Kier molecular flexibility index (Phi) is 4.99. The third kappa shape index (κ3) is 3.98. The number of hydrogen-bond donors (Lipinski definition) is 2. The van der Waals surface area contributed by atoms with Crippen molar-refractivity contribution in [3.63, 3.8) is 0 Å². The molecule has 25 heavy (non-hydrogen) atoms. The van der Waals surface area contributed by atoms with Crippen LogP contribution in [0, 0.1) is 11.2 Å². The van der Waals surface area contributed by atoms with Crippen LogP contribution in [0.1, 0.15) is 18.2 Å². The molecule has 0 bridgehead atoms. The minimum absolute atomic E-state index is 0.233. The van der Waals surface area contributed by atoms with E-state index in [0.29, 0.717) is 12.1 Å². The first-order chi connectivity index (χ1) is 12.2. The first kappa shape index (κ1) is 16.6. The fourth-order valence-electron chi connectivity index (χ4n) is 2.52. The highest BCUT2D eigenvalue weighted by atomic mass is 19.1. The quantitative estimate of drug-likeness (QED) is 0.676. The summed E-state index contributed by atoms with van der Waals surface area (Å²) in [4.78, 5) is 12.3. The molecule has 3 rings (SSSR count). The van der Waals surface area contributed by atoms with Crippen molar-refractivity contribution in [3.8, 4) is 5.69 Å². The molecule has 0 amide bonds. The predicted molar refractivity (Wildman–Crippen MR) is 96.0 cm³/mol. The van der Waals surface area contributed by atoms with Crippen LogP contribution in [0.4, 0.5) is 10.1 Å². The van der Waals surface area contributed by atoms with E-state index in [4.69, 9.17) is 5.41 Å². The van der Waals surface area contributed by atoms with Crippen molar-refractivity contribution in [2.75, 3.05) is 5.32 Å².